The SMILES string of the molecule is CSc1cc(N)n(Cc2cccc(Br)c2)n1. The number of hydrogen-bond donors (Lipinski definition) is 1. The van der Waals surface area contributed by atoms with Gasteiger partial charge < -0.3 is 5.73 Å². The molecule has 0 atom stereocenters. The highest BCUT2D eigenvalue weighted by Gasteiger charge is 2.04. The molecule has 1 aromatic heterocycles. The van der Waals surface area contributed by atoms with E-state index in [0.717, 1.165) is 9.50 Å². The lowest BCUT2D eigenvalue weighted by molar-refractivity contribution is 0.675. The highest BCUT2D eigenvalue weighted by Crippen LogP contribution is 2.18. The summed E-state index contributed by atoms with van der Waals surface area (Å²) in [5.74, 6) is 0.698. The number of hydrogen-bond acceptors (Lipinski definition) is 3. The average molecular weight is 298 g/mol. The molecule has 0 unspecified atom stereocenters. The topological polar surface area (TPSA) is 43.8 Å². The number of benzene rings is 1. The van der Waals surface area contributed by atoms with Crippen molar-refractivity contribution >= 4 is 33.5 Å². The Bertz CT molecular complexity index is 496. The van der Waals surface area contributed by atoms with E-state index in [2.05, 4.69) is 33.2 Å². The van der Waals surface area contributed by atoms with Gasteiger partial charge in [0.2, 0.25) is 0 Å². The Morgan fingerprint density at radius 1 is 1.44 bits per heavy atom. The third-order valence-electron chi connectivity index (χ3n) is 2.22. The zero-order valence-electron chi connectivity index (χ0n) is 8.85. The van der Waals surface area contributed by atoms with Crippen molar-refractivity contribution in [3.63, 3.8) is 0 Å². The molecular weight excluding hydrogens is 286 g/mol. The van der Waals surface area contributed by atoms with Crippen molar-refractivity contribution in [2.45, 2.75) is 11.6 Å². The Morgan fingerprint density at radius 3 is 2.88 bits per heavy atom. The minimum atomic E-state index is 0.698. The van der Waals surface area contributed by atoms with Crippen molar-refractivity contribution in [3.8, 4) is 0 Å². The van der Waals surface area contributed by atoms with Crippen LogP contribution in [0.5, 0.6) is 0 Å². The number of thioether (sulfide) groups is 1. The number of nitrogens with zero attached hydrogens (tertiary/aromatic N) is 2. The molecule has 3 nitrogen and oxygen atoms in total. The molecule has 0 aliphatic heterocycles. The van der Waals surface area contributed by atoms with E-state index >= 15 is 0 Å². The Hall–Kier alpha value is -0.940. The summed E-state index contributed by atoms with van der Waals surface area (Å²) in [5.41, 5.74) is 7.06. The van der Waals surface area contributed by atoms with E-state index in [0.29, 0.717) is 12.4 Å². The quantitative estimate of drug-likeness (QED) is 0.886. The zero-order valence-corrected chi connectivity index (χ0v) is 11.3. The second-order valence-corrected chi connectivity index (χ2v) is 5.14. The molecule has 1 aromatic carbocycles. The second-order valence-electron chi connectivity index (χ2n) is 3.40. The van der Waals surface area contributed by atoms with Crippen molar-refractivity contribution < 1.29 is 0 Å². The highest BCUT2D eigenvalue weighted by molar-refractivity contribution is 9.10. The van der Waals surface area contributed by atoms with Gasteiger partial charge in [0.1, 0.15) is 10.8 Å². The van der Waals surface area contributed by atoms with Crippen LogP contribution >= 0.6 is 27.7 Å². The molecule has 84 valence electrons. The molecule has 0 bridgehead atoms. The first-order valence-electron chi connectivity index (χ1n) is 4.81. The molecule has 0 spiro atoms. The van der Waals surface area contributed by atoms with Crippen molar-refractivity contribution in [1.82, 2.24) is 9.78 Å². The summed E-state index contributed by atoms with van der Waals surface area (Å²) < 4.78 is 2.88. The van der Waals surface area contributed by atoms with Crippen LogP contribution in [0.1, 0.15) is 5.56 Å². The molecule has 2 rings (SSSR count). The molecule has 0 saturated carbocycles. The van der Waals surface area contributed by atoms with Gasteiger partial charge in [-0.3, -0.25) is 0 Å². The summed E-state index contributed by atoms with van der Waals surface area (Å²) in [6, 6.07) is 10.0. The number of rotatable bonds is 3. The fourth-order valence-corrected chi connectivity index (χ4v) is 2.31. The van der Waals surface area contributed by atoms with Crippen LogP contribution in [0.2, 0.25) is 0 Å². The van der Waals surface area contributed by atoms with Crippen molar-refractivity contribution in [1.29, 1.82) is 0 Å². The average Bonchev–Trinajstić information content (AvgIpc) is 2.60. The number of anilines is 1. The summed E-state index contributed by atoms with van der Waals surface area (Å²) in [6.45, 7) is 0.700. The van der Waals surface area contributed by atoms with E-state index in [9.17, 15) is 0 Å². The maximum atomic E-state index is 5.88. The largest absolute Gasteiger partial charge is 0.384 e. The minimum absolute atomic E-state index is 0.698. The van der Waals surface area contributed by atoms with Crippen molar-refractivity contribution in [2.75, 3.05) is 12.0 Å². The molecule has 0 radical (unpaired) electrons. The van der Waals surface area contributed by atoms with Crippen LogP contribution in [0.3, 0.4) is 0 Å². The molecule has 0 aliphatic rings. The van der Waals surface area contributed by atoms with E-state index in [-0.39, 0.29) is 0 Å². The molecular formula is C11H12BrN3S. The Kier molecular flexibility index (Phi) is 3.56. The predicted octanol–water partition coefficient (Wildman–Crippen LogP) is 3.00. The maximum absolute atomic E-state index is 5.88. The summed E-state index contributed by atoms with van der Waals surface area (Å²) >= 11 is 5.04. The molecule has 0 saturated heterocycles. The number of halogens is 1. The van der Waals surface area contributed by atoms with Gasteiger partial charge in [0, 0.05) is 10.5 Å². The molecule has 1 heterocycles. The van der Waals surface area contributed by atoms with Crippen molar-refractivity contribution in [2.24, 2.45) is 0 Å². The lowest BCUT2D eigenvalue weighted by atomic mass is 10.2. The van der Waals surface area contributed by atoms with Crippen LogP contribution in [0.15, 0.2) is 39.8 Å². The minimum Gasteiger partial charge on any atom is -0.384 e. The summed E-state index contributed by atoms with van der Waals surface area (Å²) in [6.07, 6.45) is 1.99. The van der Waals surface area contributed by atoms with Gasteiger partial charge in [-0.2, -0.15) is 5.10 Å². The smallest absolute Gasteiger partial charge is 0.123 e. The van der Waals surface area contributed by atoms with Gasteiger partial charge in [0.15, 0.2) is 0 Å². The Balaban J connectivity index is 2.23. The first-order chi connectivity index (χ1) is 7.69. The van der Waals surface area contributed by atoms with Gasteiger partial charge in [-0.05, 0) is 24.0 Å². The van der Waals surface area contributed by atoms with E-state index < -0.39 is 0 Å². The van der Waals surface area contributed by atoms with E-state index in [4.69, 9.17) is 5.73 Å². The van der Waals surface area contributed by atoms with Crippen LogP contribution in [0.4, 0.5) is 5.82 Å². The van der Waals surface area contributed by atoms with Gasteiger partial charge in [-0.25, -0.2) is 4.68 Å². The van der Waals surface area contributed by atoms with Crippen LogP contribution in [-0.4, -0.2) is 16.0 Å². The molecule has 0 amide bonds. The van der Waals surface area contributed by atoms with Gasteiger partial charge in [-0.1, -0.05) is 28.1 Å². The molecule has 16 heavy (non-hydrogen) atoms. The zero-order chi connectivity index (χ0) is 11.5. The van der Waals surface area contributed by atoms with Crippen molar-refractivity contribution in [3.05, 3.63) is 40.4 Å². The van der Waals surface area contributed by atoms with Crippen LogP contribution in [-0.2, 0) is 6.54 Å². The Labute approximate surface area is 107 Å². The van der Waals surface area contributed by atoms with Gasteiger partial charge in [-0.15, -0.1) is 11.8 Å². The van der Waals surface area contributed by atoms with Crippen LogP contribution < -0.4 is 5.73 Å². The third kappa shape index (κ3) is 2.59. The molecule has 2 N–H and O–H groups in total. The second kappa shape index (κ2) is 4.93. The van der Waals surface area contributed by atoms with Crippen LogP contribution in [0.25, 0.3) is 0 Å². The predicted molar refractivity (Wildman–Crippen MR) is 71.7 cm³/mol. The number of nitrogen functional groups attached to an aromatic ring is 1. The lowest BCUT2D eigenvalue weighted by Gasteiger charge is -2.04. The standard InChI is InChI=1S/C11H12BrN3S/c1-16-11-6-10(13)15(14-11)7-8-3-2-4-9(12)5-8/h2-6H,7,13H2,1H3. The molecule has 2 aromatic rings. The van der Waals surface area contributed by atoms with E-state index in [1.54, 1.807) is 11.8 Å². The fourth-order valence-electron chi connectivity index (χ4n) is 1.44. The van der Waals surface area contributed by atoms with E-state index in [1.807, 2.05) is 29.1 Å². The normalized spacial score (nSPS) is 10.6. The van der Waals surface area contributed by atoms with Gasteiger partial charge in [0.05, 0.1) is 6.54 Å². The highest BCUT2D eigenvalue weighted by atomic mass is 79.9. The number of nitrogens with two attached hydrogens (primary N) is 1. The first-order valence-corrected chi connectivity index (χ1v) is 6.82. The monoisotopic (exact) mass is 297 g/mol. The van der Waals surface area contributed by atoms with Crippen LogP contribution in [0, 0.1) is 0 Å². The first kappa shape index (κ1) is 11.5. The summed E-state index contributed by atoms with van der Waals surface area (Å²) in [4.78, 5) is 0. The molecule has 0 aliphatic carbocycles. The number of aromatic nitrogens is 2. The summed E-state index contributed by atoms with van der Waals surface area (Å²) in [7, 11) is 0. The summed E-state index contributed by atoms with van der Waals surface area (Å²) in [5, 5.41) is 5.34. The third-order valence-corrected chi connectivity index (χ3v) is 3.33. The van der Waals surface area contributed by atoms with Gasteiger partial charge >= 0.3 is 0 Å². The fraction of sp³-hybridized carbons (Fsp3) is 0.182. The lowest BCUT2D eigenvalue weighted by Crippen LogP contribution is -2.05. The van der Waals surface area contributed by atoms with E-state index in [1.165, 1.54) is 5.56 Å². The molecule has 0 fully saturated rings. The molecule has 5 heteroatoms. The maximum Gasteiger partial charge on any atom is 0.123 e. The Morgan fingerprint density at radius 2 is 2.25 bits per heavy atom. The van der Waals surface area contributed by atoms with Gasteiger partial charge in [0.25, 0.3) is 0 Å².